The van der Waals surface area contributed by atoms with Crippen molar-refractivity contribution in [1.29, 1.82) is 0 Å². The fourth-order valence-electron chi connectivity index (χ4n) is 3.44. The Labute approximate surface area is 189 Å². The first-order valence-corrected chi connectivity index (χ1v) is 10.7. The van der Waals surface area contributed by atoms with E-state index in [0.29, 0.717) is 13.0 Å². The van der Waals surface area contributed by atoms with E-state index in [4.69, 9.17) is 20.9 Å². The molecule has 11 heteroatoms. The minimum absolute atomic E-state index is 0.0858. The third-order valence-electron chi connectivity index (χ3n) is 4.70. The summed E-state index contributed by atoms with van der Waals surface area (Å²) in [5.41, 5.74) is 9.23. The number of β-amino-alcohol motifs (C(OH)–C–C–N with tert-alkyl or cyclic N) is 1. The first kappa shape index (κ1) is 27.5. The van der Waals surface area contributed by atoms with Gasteiger partial charge in [0.15, 0.2) is 0 Å². The second-order valence-electron chi connectivity index (χ2n) is 10.3. The molecule has 2 rings (SSSR count). The molecule has 0 unspecified atom stereocenters. The molecule has 2 saturated heterocycles. The van der Waals surface area contributed by atoms with Gasteiger partial charge in [-0.2, -0.15) is 0 Å². The van der Waals surface area contributed by atoms with Crippen LogP contribution in [0.4, 0.5) is 9.59 Å². The quantitative estimate of drug-likeness (QED) is 0.554. The molecular weight excluding hydrogens is 420 g/mol. The molecule has 5 N–H and O–H groups in total. The highest BCUT2D eigenvalue weighted by Gasteiger charge is 2.40. The number of hydrogen-bond acceptors (Lipinski definition) is 7. The molecule has 0 aliphatic carbocycles. The number of nitrogens with two attached hydrogens (primary N) is 2. The predicted molar refractivity (Wildman–Crippen MR) is 116 cm³/mol. The van der Waals surface area contributed by atoms with Gasteiger partial charge in [0.1, 0.15) is 23.3 Å². The van der Waals surface area contributed by atoms with Crippen molar-refractivity contribution in [3.63, 3.8) is 0 Å². The maximum Gasteiger partial charge on any atom is 0.411 e. The van der Waals surface area contributed by atoms with Crippen LogP contribution in [0, 0.1) is 5.92 Å². The van der Waals surface area contributed by atoms with Gasteiger partial charge in [0, 0.05) is 13.0 Å². The van der Waals surface area contributed by atoms with Crippen LogP contribution < -0.4 is 11.5 Å². The topological polar surface area (TPSA) is 165 Å². The SMILES string of the molecule is CC(C)(C)OC(=O)N1C[C@H](O)C[C@H]1C(N)=O.C[C@@H]1C[C@@H](C(N)=O)N(C(=O)OC(C)(C)C)C1. The van der Waals surface area contributed by atoms with Crippen LogP contribution in [-0.2, 0) is 19.1 Å². The third-order valence-corrected chi connectivity index (χ3v) is 4.70. The van der Waals surface area contributed by atoms with E-state index in [9.17, 15) is 24.3 Å². The van der Waals surface area contributed by atoms with Gasteiger partial charge >= 0.3 is 12.2 Å². The van der Waals surface area contributed by atoms with Crippen molar-refractivity contribution in [2.45, 2.75) is 90.7 Å². The van der Waals surface area contributed by atoms with Crippen molar-refractivity contribution >= 4 is 24.0 Å². The van der Waals surface area contributed by atoms with Crippen LogP contribution in [0.2, 0.25) is 0 Å². The number of carbonyl (C=O) groups is 4. The minimum Gasteiger partial charge on any atom is -0.444 e. The lowest BCUT2D eigenvalue weighted by atomic mass is 10.1. The molecule has 0 saturated carbocycles. The Morgan fingerprint density at radius 1 is 0.781 bits per heavy atom. The summed E-state index contributed by atoms with van der Waals surface area (Å²) in [5, 5.41) is 9.41. The average Bonchev–Trinajstić information content (AvgIpc) is 3.15. The zero-order chi connectivity index (χ0) is 25.0. The Bertz CT molecular complexity index is 654. The molecule has 0 radical (unpaired) electrons. The standard InChI is InChI=1S/C11H20N2O3.C10H18N2O4/c1-7-5-8(9(12)14)13(6-7)10(15)16-11(2,3)4;1-10(2,3)16-9(15)12-5-6(13)4-7(12)8(11)14/h7-8H,5-6H2,1-4H3,(H2,12,14);6-7,13H,4-5H2,1-3H3,(H2,11,14)/t7-,8+;6-,7+/m11/s1. The molecule has 2 heterocycles. The fourth-order valence-corrected chi connectivity index (χ4v) is 3.44. The predicted octanol–water partition coefficient (Wildman–Crippen LogP) is 0.959. The van der Waals surface area contributed by atoms with Crippen LogP contribution in [0.15, 0.2) is 0 Å². The number of carbonyl (C=O) groups excluding carboxylic acids is 4. The summed E-state index contributed by atoms with van der Waals surface area (Å²) in [6, 6.07) is -1.30. The highest BCUT2D eigenvalue weighted by atomic mass is 16.6. The largest absolute Gasteiger partial charge is 0.444 e. The normalized spacial score (nSPS) is 25.6. The summed E-state index contributed by atoms with van der Waals surface area (Å²) in [6.45, 7) is 13.2. The van der Waals surface area contributed by atoms with E-state index in [1.165, 1.54) is 9.80 Å². The molecule has 2 fully saturated rings. The third kappa shape index (κ3) is 8.52. The van der Waals surface area contributed by atoms with Crippen molar-refractivity contribution in [1.82, 2.24) is 9.80 Å². The number of rotatable bonds is 2. The van der Waals surface area contributed by atoms with Gasteiger partial charge in [-0.1, -0.05) is 6.92 Å². The number of aliphatic hydroxyl groups excluding tert-OH is 1. The van der Waals surface area contributed by atoms with Crippen LogP contribution >= 0.6 is 0 Å². The van der Waals surface area contributed by atoms with Gasteiger partial charge < -0.3 is 26.0 Å². The van der Waals surface area contributed by atoms with E-state index < -0.39 is 53.4 Å². The van der Waals surface area contributed by atoms with Crippen LogP contribution in [0.5, 0.6) is 0 Å². The zero-order valence-electron chi connectivity index (χ0n) is 20.1. The van der Waals surface area contributed by atoms with Crippen molar-refractivity contribution in [3.8, 4) is 0 Å². The number of nitrogens with zero attached hydrogens (tertiary/aromatic N) is 2. The van der Waals surface area contributed by atoms with E-state index in [1.807, 2.05) is 6.92 Å². The molecule has 0 bridgehead atoms. The van der Waals surface area contributed by atoms with Gasteiger partial charge in [0.05, 0.1) is 12.6 Å². The van der Waals surface area contributed by atoms with Gasteiger partial charge in [-0.3, -0.25) is 19.4 Å². The van der Waals surface area contributed by atoms with E-state index >= 15 is 0 Å². The monoisotopic (exact) mass is 458 g/mol. The number of primary amides is 2. The molecule has 4 atom stereocenters. The first-order chi connectivity index (χ1) is 14.4. The van der Waals surface area contributed by atoms with E-state index in [0.717, 1.165) is 0 Å². The lowest BCUT2D eigenvalue weighted by Gasteiger charge is -2.27. The number of ether oxygens (including phenoxy) is 2. The molecule has 11 nitrogen and oxygen atoms in total. The van der Waals surface area contributed by atoms with Crippen LogP contribution in [0.1, 0.15) is 61.3 Å². The average molecular weight is 459 g/mol. The van der Waals surface area contributed by atoms with Gasteiger partial charge in [-0.15, -0.1) is 0 Å². The van der Waals surface area contributed by atoms with E-state index in [1.54, 1.807) is 41.5 Å². The molecule has 0 aromatic rings. The molecule has 0 aromatic heterocycles. The highest BCUT2D eigenvalue weighted by molar-refractivity contribution is 5.85. The van der Waals surface area contributed by atoms with E-state index in [2.05, 4.69) is 0 Å². The minimum atomic E-state index is -0.773. The Morgan fingerprint density at radius 2 is 1.16 bits per heavy atom. The van der Waals surface area contributed by atoms with Crippen LogP contribution in [0.25, 0.3) is 0 Å². The Morgan fingerprint density at radius 3 is 1.53 bits per heavy atom. The lowest BCUT2D eigenvalue weighted by Crippen LogP contribution is -2.45. The summed E-state index contributed by atoms with van der Waals surface area (Å²) in [7, 11) is 0. The lowest BCUT2D eigenvalue weighted by molar-refractivity contribution is -0.122. The van der Waals surface area contributed by atoms with E-state index in [-0.39, 0.29) is 18.9 Å². The van der Waals surface area contributed by atoms with Crippen molar-refractivity contribution in [2.24, 2.45) is 17.4 Å². The maximum atomic E-state index is 11.8. The molecule has 0 aromatic carbocycles. The maximum absolute atomic E-state index is 11.8. The second-order valence-corrected chi connectivity index (χ2v) is 10.3. The van der Waals surface area contributed by atoms with Crippen LogP contribution in [-0.4, -0.2) is 81.4 Å². The second kappa shape index (κ2) is 10.4. The zero-order valence-corrected chi connectivity index (χ0v) is 20.1. The Balaban J connectivity index is 0.000000320. The van der Waals surface area contributed by atoms with Gasteiger partial charge in [0.25, 0.3) is 0 Å². The smallest absolute Gasteiger partial charge is 0.411 e. The molecule has 2 aliphatic rings. The van der Waals surface area contributed by atoms with Gasteiger partial charge in [-0.25, -0.2) is 9.59 Å². The number of hydrogen-bond donors (Lipinski definition) is 3. The van der Waals surface area contributed by atoms with Crippen LogP contribution in [0.3, 0.4) is 0 Å². The van der Waals surface area contributed by atoms with Gasteiger partial charge in [-0.05, 0) is 53.9 Å². The fraction of sp³-hybridized carbons (Fsp3) is 0.810. The summed E-state index contributed by atoms with van der Waals surface area (Å²) in [6.07, 6.45) is -0.998. The molecule has 0 spiro atoms. The first-order valence-electron chi connectivity index (χ1n) is 10.7. The summed E-state index contributed by atoms with van der Waals surface area (Å²) >= 11 is 0. The molecule has 4 amide bonds. The van der Waals surface area contributed by atoms with Crippen molar-refractivity contribution < 1.29 is 33.8 Å². The number of aliphatic hydroxyl groups is 1. The summed E-state index contributed by atoms with van der Waals surface area (Å²) in [4.78, 5) is 48.4. The van der Waals surface area contributed by atoms with Crippen molar-refractivity contribution in [2.75, 3.05) is 13.1 Å². The molecular formula is C21H38N4O7. The summed E-state index contributed by atoms with van der Waals surface area (Å²) in [5.74, 6) is -0.803. The van der Waals surface area contributed by atoms with Crippen molar-refractivity contribution in [3.05, 3.63) is 0 Å². The molecule has 184 valence electrons. The Hall–Kier alpha value is -2.56. The van der Waals surface area contributed by atoms with Gasteiger partial charge in [0.2, 0.25) is 11.8 Å². The molecule has 2 aliphatic heterocycles. The highest BCUT2D eigenvalue weighted by Crippen LogP contribution is 2.25. The Kier molecular flexibility index (Phi) is 8.90. The summed E-state index contributed by atoms with van der Waals surface area (Å²) < 4.78 is 10.3. The number of likely N-dealkylation sites (tertiary alicyclic amines) is 2. The molecule has 32 heavy (non-hydrogen) atoms. The number of amides is 4.